The number of rotatable bonds is 3. The van der Waals surface area contributed by atoms with E-state index in [-0.39, 0.29) is 5.91 Å². The van der Waals surface area contributed by atoms with Gasteiger partial charge in [0.1, 0.15) is 0 Å². The number of amides is 1. The van der Waals surface area contributed by atoms with Gasteiger partial charge in [-0.15, -0.1) is 22.7 Å². The number of thiazole rings is 1. The fourth-order valence-electron chi connectivity index (χ4n) is 1.90. The van der Waals surface area contributed by atoms with Gasteiger partial charge in [-0.3, -0.25) is 4.79 Å². The number of anilines is 1. The van der Waals surface area contributed by atoms with E-state index < -0.39 is 0 Å². The monoisotopic (exact) mass is 314 g/mol. The molecule has 0 atom stereocenters. The zero-order valence-corrected chi connectivity index (χ0v) is 13.3. The van der Waals surface area contributed by atoms with Crippen molar-refractivity contribution in [2.45, 2.75) is 13.8 Å². The van der Waals surface area contributed by atoms with Gasteiger partial charge in [-0.25, -0.2) is 4.98 Å². The molecule has 3 rings (SSSR count). The number of nitrogens with zero attached hydrogens (tertiary/aromatic N) is 1. The Hall–Kier alpha value is -1.98. The molecule has 21 heavy (non-hydrogen) atoms. The number of nitrogens with one attached hydrogen (secondary N) is 1. The molecule has 0 fully saturated rings. The second kappa shape index (κ2) is 5.79. The molecule has 2 heterocycles. The van der Waals surface area contributed by atoms with E-state index in [0.717, 1.165) is 21.3 Å². The van der Waals surface area contributed by atoms with E-state index in [1.54, 1.807) is 11.3 Å². The summed E-state index contributed by atoms with van der Waals surface area (Å²) in [5, 5.41) is 5.96. The first-order valence-corrected chi connectivity index (χ1v) is 8.22. The van der Waals surface area contributed by atoms with E-state index in [1.165, 1.54) is 16.9 Å². The first kappa shape index (κ1) is 14.0. The third-order valence-corrected chi connectivity index (χ3v) is 4.89. The zero-order valence-electron chi connectivity index (χ0n) is 11.7. The van der Waals surface area contributed by atoms with Gasteiger partial charge in [0.25, 0.3) is 5.91 Å². The lowest BCUT2D eigenvalue weighted by Gasteiger charge is -2.03. The fraction of sp³-hybridized carbons (Fsp3) is 0.125. The van der Waals surface area contributed by atoms with E-state index in [9.17, 15) is 4.79 Å². The first-order valence-electron chi connectivity index (χ1n) is 6.52. The SMILES string of the molecule is Cc1ccc(NC(=O)c2ccc(-c3csc(C)n3)s2)cc1. The summed E-state index contributed by atoms with van der Waals surface area (Å²) in [5.74, 6) is -0.0814. The van der Waals surface area contributed by atoms with E-state index in [1.807, 2.05) is 55.6 Å². The van der Waals surface area contributed by atoms with E-state index in [2.05, 4.69) is 10.3 Å². The quantitative estimate of drug-likeness (QED) is 0.758. The van der Waals surface area contributed by atoms with Crippen LogP contribution in [0.5, 0.6) is 0 Å². The highest BCUT2D eigenvalue weighted by Gasteiger charge is 2.12. The standard InChI is InChI=1S/C16H14N2OS2/c1-10-3-5-12(6-4-10)18-16(19)15-8-7-14(21-15)13-9-20-11(2)17-13/h3-9H,1-2H3,(H,18,19). The van der Waals surface area contributed by atoms with Gasteiger partial charge >= 0.3 is 0 Å². The predicted octanol–water partition coefficient (Wildman–Crippen LogP) is 4.74. The smallest absolute Gasteiger partial charge is 0.265 e. The maximum absolute atomic E-state index is 12.2. The molecule has 0 unspecified atom stereocenters. The third-order valence-electron chi connectivity index (χ3n) is 3.01. The summed E-state index contributed by atoms with van der Waals surface area (Å²) in [6.45, 7) is 4.00. The normalized spacial score (nSPS) is 10.6. The summed E-state index contributed by atoms with van der Waals surface area (Å²) in [6, 6.07) is 11.6. The molecule has 106 valence electrons. The van der Waals surface area contributed by atoms with Crippen molar-refractivity contribution in [1.82, 2.24) is 4.98 Å². The van der Waals surface area contributed by atoms with Crippen molar-refractivity contribution in [3.8, 4) is 10.6 Å². The maximum Gasteiger partial charge on any atom is 0.265 e. The lowest BCUT2D eigenvalue weighted by Crippen LogP contribution is -2.09. The molecule has 1 aromatic carbocycles. The van der Waals surface area contributed by atoms with E-state index in [0.29, 0.717) is 4.88 Å². The average Bonchev–Trinajstić information content (AvgIpc) is 3.10. The Morgan fingerprint density at radius 2 is 1.86 bits per heavy atom. The minimum Gasteiger partial charge on any atom is -0.321 e. The number of carbonyl (C=O) groups is 1. The van der Waals surface area contributed by atoms with Crippen molar-refractivity contribution in [2.75, 3.05) is 5.32 Å². The minimum atomic E-state index is -0.0814. The van der Waals surface area contributed by atoms with Gasteiger partial charge in [0.05, 0.1) is 20.5 Å². The van der Waals surface area contributed by atoms with Crippen LogP contribution in [0.3, 0.4) is 0 Å². The molecule has 2 aromatic heterocycles. The largest absolute Gasteiger partial charge is 0.321 e. The van der Waals surface area contributed by atoms with Gasteiger partial charge in [0.15, 0.2) is 0 Å². The van der Waals surface area contributed by atoms with Crippen LogP contribution < -0.4 is 5.32 Å². The van der Waals surface area contributed by atoms with Crippen LogP contribution >= 0.6 is 22.7 Å². The summed E-state index contributed by atoms with van der Waals surface area (Å²) in [4.78, 5) is 18.4. The van der Waals surface area contributed by atoms with Crippen molar-refractivity contribution in [3.63, 3.8) is 0 Å². The van der Waals surface area contributed by atoms with E-state index in [4.69, 9.17) is 0 Å². The molecule has 0 bridgehead atoms. The highest BCUT2D eigenvalue weighted by atomic mass is 32.1. The Bertz CT molecular complexity index is 772. The average molecular weight is 314 g/mol. The summed E-state index contributed by atoms with van der Waals surface area (Å²) in [7, 11) is 0. The number of aryl methyl sites for hydroxylation is 2. The number of hydrogen-bond donors (Lipinski definition) is 1. The Kier molecular flexibility index (Phi) is 3.86. The number of aromatic nitrogens is 1. The highest BCUT2D eigenvalue weighted by molar-refractivity contribution is 7.18. The molecule has 1 N–H and O–H groups in total. The van der Waals surface area contributed by atoms with Crippen LogP contribution in [-0.2, 0) is 0 Å². The molecule has 0 saturated heterocycles. The van der Waals surface area contributed by atoms with Gasteiger partial charge in [-0.05, 0) is 38.1 Å². The third kappa shape index (κ3) is 3.20. The van der Waals surface area contributed by atoms with Crippen molar-refractivity contribution in [2.24, 2.45) is 0 Å². The van der Waals surface area contributed by atoms with Crippen LogP contribution in [0.1, 0.15) is 20.2 Å². The van der Waals surface area contributed by atoms with Crippen molar-refractivity contribution in [1.29, 1.82) is 0 Å². The fourth-order valence-corrected chi connectivity index (χ4v) is 3.45. The second-order valence-electron chi connectivity index (χ2n) is 4.74. The minimum absolute atomic E-state index is 0.0814. The van der Waals surface area contributed by atoms with Crippen molar-refractivity contribution >= 4 is 34.3 Å². The molecule has 0 aliphatic carbocycles. The summed E-state index contributed by atoms with van der Waals surface area (Å²) >= 11 is 3.08. The van der Waals surface area contributed by atoms with Gasteiger partial charge in [0.2, 0.25) is 0 Å². The molecule has 0 saturated carbocycles. The molecule has 3 nitrogen and oxygen atoms in total. The lowest BCUT2D eigenvalue weighted by atomic mass is 10.2. The molecule has 0 spiro atoms. The van der Waals surface area contributed by atoms with Gasteiger partial charge in [-0.2, -0.15) is 0 Å². The van der Waals surface area contributed by atoms with Crippen molar-refractivity contribution in [3.05, 3.63) is 57.2 Å². The van der Waals surface area contributed by atoms with Crippen LogP contribution in [0.25, 0.3) is 10.6 Å². The van der Waals surface area contributed by atoms with E-state index >= 15 is 0 Å². The molecule has 0 aliphatic heterocycles. The van der Waals surface area contributed by atoms with Crippen LogP contribution in [0.15, 0.2) is 41.8 Å². The maximum atomic E-state index is 12.2. The van der Waals surface area contributed by atoms with Crippen LogP contribution in [0, 0.1) is 13.8 Å². The number of thiophene rings is 1. The Labute approximate surface area is 131 Å². The number of hydrogen-bond acceptors (Lipinski definition) is 4. The van der Waals surface area contributed by atoms with Gasteiger partial charge in [0, 0.05) is 11.1 Å². The molecular weight excluding hydrogens is 300 g/mol. The Balaban J connectivity index is 1.76. The predicted molar refractivity (Wildman–Crippen MR) is 89.3 cm³/mol. The van der Waals surface area contributed by atoms with Crippen LogP contribution in [-0.4, -0.2) is 10.9 Å². The molecule has 1 amide bonds. The topological polar surface area (TPSA) is 42.0 Å². The first-order chi connectivity index (χ1) is 10.1. The molecule has 0 aliphatic rings. The number of carbonyl (C=O) groups excluding carboxylic acids is 1. The molecule has 0 radical (unpaired) electrons. The van der Waals surface area contributed by atoms with Crippen LogP contribution in [0.2, 0.25) is 0 Å². The van der Waals surface area contributed by atoms with Gasteiger partial charge < -0.3 is 5.32 Å². The van der Waals surface area contributed by atoms with Crippen molar-refractivity contribution < 1.29 is 4.79 Å². The lowest BCUT2D eigenvalue weighted by molar-refractivity contribution is 0.103. The number of benzene rings is 1. The summed E-state index contributed by atoms with van der Waals surface area (Å²) in [6.07, 6.45) is 0. The highest BCUT2D eigenvalue weighted by Crippen LogP contribution is 2.29. The molecule has 3 aromatic rings. The Morgan fingerprint density at radius 3 is 2.52 bits per heavy atom. The summed E-state index contributed by atoms with van der Waals surface area (Å²) < 4.78 is 0. The molecule has 5 heteroatoms. The second-order valence-corrected chi connectivity index (χ2v) is 6.88. The van der Waals surface area contributed by atoms with Gasteiger partial charge in [-0.1, -0.05) is 17.7 Å². The summed E-state index contributed by atoms with van der Waals surface area (Å²) in [5.41, 5.74) is 2.92. The van der Waals surface area contributed by atoms with Crippen LogP contribution in [0.4, 0.5) is 5.69 Å². The zero-order chi connectivity index (χ0) is 14.8. The Morgan fingerprint density at radius 1 is 1.10 bits per heavy atom. The molecular formula is C16H14N2OS2.